The van der Waals surface area contributed by atoms with Crippen LogP contribution in [0.15, 0.2) is 42.5 Å². The lowest BCUT2D eigenvalue weighted by molar-refractivity contribution is 0.342. The Balaban J connectivity index is 1.92. The summed E-state index contributed by atoms with van der Waals surface area (Å²) in [5.74, 6) is 0.744. The molecule has 2 aromatic rings. The first kappa shape index (κ1) is 14.3. The van der Waals surface area contributed by atoms with Crippen molar-refractivity contribution in [3.8, 4) is 5.75 Å². The first-order valence-corrected chi connectivity index (χ1v) is 7.01. The third-order valence-electron chi connectivity index (χ3n) is 3.14. The Kier molecular flexibility index (Phi) is 4.88. The van der Waals surface area contributed by atoms with Gasteiger partial charge in [-0.3, -0.25) is 0 Å². The van der Waals surface area contributed by atoms with Crippen LogP contribution in [0.2, 0.25) is 0 Å². The second kappa shape index (κ2) is 6.85. The van der Waals surface area contributed by atoms with E-state index in [1.165, 1.54) is 11.1 Å². The third kappa shape index (κ3) is 3.92. The summed E-state index contributed by atoms with van der Waals surface area (Å²) in [7, 11) is 0. The van der Waals surface area contributed by atoms with Crippen LogP contribution in [-0.4, -0.2) is 13.2 Å². The minimum Gasteiger partial charge on any atom is -0.492 e. The molecule has 20 heavy (non-hydrogen) atoms. The van der Waals surface area contributed by atoms with Crippen LogP contribution >= 0.6 is 0 Å². The molecule has 0 heterocycles. The van der Waals surface area contributed by atoms with Crippen molar-refractivity contribution in [1.82, 2.24) is 0 Å². The quantitative estimate of drug-likeness (QED) is 0.788. The van der Waals surface area contributed by atoms with Gasteiger partial charge in [-0.1, -0.05) is 29.8 Å². The molecule has 0 aliphatic rings. The zero-order chi connectivity index (χ0) is 14.4. The molecular weight excluding hydrogens is 248 g/mol. The summed E-state index contributed by atoms with van der Waals surface area (Å²) in [6, 6.07) is 14.4. The standard InChI is InChI=1S/C17H22N2O/c1-3-20-17-12-15(7-8-16(17)18)19-10-9-14-6-4-5-13(2)11-14/h4-8,11-12,19H,3,9-10,18H2,1-2H3. The van der Waals surface area contributed by atoms with Gasteiger partial charge >= 0.3 is 0 Å². The normalized spacial score (nSPS) is 10.3. The van der Waals surface area contributed by atoms with E-state index in [-0.39, 0.29) is 0 Å². The Morgan fingerprint density at radius 1 is 1.15 bits per heavy atom. The van der Waals surface area contributed by atoms with Crippen molar-refractivity contribution in [1.29, 1.82) is 0 Å². The van der Waals surface area contributed by atoms with Crippen molar-refractivity contribution in [2.75, 3.05) is 24.2 Å². The van der Waals surface area contributed by atoms with Gasteiger partial charge in [-0.15, -0.1) is 0 Å². The van der Waals surface area contributed by atoms with Gasteiger partial charge in [0.2, 0.25) is 0 Å². The van der Waals surface area contributed by atoms with E-state index in [2.05, 4.69) is 36.5 Å². The first-order valence-electron chi connectivity index (χ1n) is 7.01. The average Bonchev–Trinajstić information content (AvgIpc) is 2.43. The number of nitrogen functional groups attached to an aromatic ring is 1. The summed E-state index contributed by atoms with van der Waals surface area (Å²) in [6.45, 7) is 5.58. The second-order valence-corrected chi connectivity index (χ2v) is 4.85. The van der Waals surface area contributed by atoms with E-state index in [1.807, 2.05) is 25.1 Å². The number of hydrogen-bond acceptors (Lipinski definition) is 3. The molecule has 3 nitrogen and oxygen atoms in total. The Labute approximate surface area is 120 Å². The van der Waals surface area contributed by atoms with Crippen LogP contribution in [-0.2, 0) is 6.42 Å². The van der Waals surface area contributed by atoms with Crippen molar-refractivity contribution in [3.05, 3.63) is 53.6 Å². The van der Waals surface area contributed by atoms with Gasteiger partial charge in [-0.2, -0.15) is 0 Å². The van der Waals surface area contributed by atoms with Crippen LogP contribution in [0.1, 0.15) is 18.1 Å². The van der Waals surface area contributed by atoms with Crippen molar-refractivity contribution in [2.45, 2.75) is 20.3 Å². The third-order valence-corrected chi connectivity index (χ3v) is 3.14. The van der Waals surface area contributed by atoms with E-state index >= 15 is 0 Å². The van der Waals surface area contributed by atoms with Gasteiger partial charge in [0.1, 0.15) is 5.75 Å². The monoisotopic (exact) mass is 270 g/mol. The number of nitrogens with one attached hydrogen (secondary N) is 1. The predicted molar refractivity (Wildman–Crippen MR) is 85.4 cm³/mol. The maximum absolute atomic E-state index is 5.86. The summed E-state index contributed by atoms with van der Waals surface area (Å²) in [5, 5.41) is 3.40. The van der Waals surface area contributed by atoms with Gasteiger partial charge in [0.05, 0.1) is 12.3 Å². The SMILES string of the molecule is CCOc1cc(NCCc2cccc(C)c2)ccc1N. The van der Waals surface area contributed by atoms with Crippen LogP contribution in [0.25, 0.3) is 0 Å². The topological polar surface area (TPSA) is 47.3 Å². The van der Waals surface area contributed by atoms with Crippen molar-refractivity contribution in [2.24, 2.45) is 0 Å². The fourth-order valence-electron chi connectivity index (χ4n) is 2.14. The highest BCUT2D eigenvalue weighted by Crippen LogP contribution is 2.25. The summed E-state index contributed by atoms with van der Waals surface area (Å²) in [5.41, 5.74) is 10.2. The molecule has 0 aliphatic heterocycles. The fourth-order valence-corrected chi connectivity index (χ4v) is 2.14. The Bertz CT molecular complexity index is 567. The minimum absolute atomic E-state index is 0.622. The van der Waals surface area contributed by atoms with Gasteiger partial charge in [0.25, 0.3) is 0 Å². The van der Waals surface area contributed by atoms with Crippen LogP contribution < -0.4 is 15.8 Å². The molecule has 0 unspecified atom stereocenters. The molecule has 3 N–H and O–H groups in total. The molecule has 3 heteroatoms. The number of hydrogen-bond donors (Lipinski definition) is 2. The molecule has 0 aromatic heterocycles. The second-order valence-electron chi connectivity index (χ2n) is 4.85. The minimum atomic E-state index is 0.622. The number of nitrogens with two attached hydrogens (primary N) is 1. The average molecular weight is 270 g/mol. The molecule has 0 amide bonds. The highest BCUT2D eigenvalue weighted by atomic mass is 16.5. The van der Waals surface area contributed by atoms with Gasteiger partial charge in [-0.25, -0.2) is 0 Å². The molecule has 0 saturated carbocycles. The van der Waals surface area contributed by atoms with Crippen LogP contribution in [0.3, 0.4) is 0 Å². The largest absolute Gasteiger partial charge is 0.492 e. The van der Waals surface area contributed by atoms with Crippen molar-refractivity contribution >= 4 is 11.4 Å². The number of ether oxygens (including phenoxy) is 1. The Hall–Kier alpha value is -2.16. The van der Waals surface area contributed by atoms with E-state index < -0.39 is 0 Å². The smallest absolute Gasteiger partial charge is 0.144 e. The highest BCUT2D eigenvalue weighted by Gasteiger charge is 2.01. The van der Waals surface area contributed by atoms with E-state index in [1.54, 1.807) is 0 Å². The maximum atomic E-state index is 5.86. The van der Waals surface area contributed by atoms with Crippen LogP contribution in [0.4, 0.5) is 11.4 Å². The zero-order valence-corrected chi connectivity index (χ0v) is 12.1. The molecule has 0 atom stereocenters. The molecule has 0 spiro atoms. The fraction of sp³-hybridized carbons (Fsp3) is 0.294. The van der Waals surface area contributed by atoms with Gasteiger partial charge < -0.3 is 15.8 Å². The summed E-state index contributed by atoms with van der Waals surface area (Å²) in [6.07, 6.45) is 0.996. The lowest BCUT2D eigenvalue weighted by Gasteiger charge is -2.11. The van der Waals surface area contributed by atoms with Gasteiger partial charge in [-0.05, 0) is 38.0 Å². The molecule has 2 rings (SSSR count). The van der Waals surface area contributed by atoms with Gasteiger partial charge in [0.15, 0.2) is 0 Å². The number of benzene rings is 2. The lowest BCUT2D eigenvalue weighted by Crippen LogP contribution is -2.06. The zero-order valence-electron chi connectivity index (χ0n) is 12.1. The molecule has 0 saturated heterocycles. The molecular formula is C17H22N2O. The van der Waals surface area contributed by atoms with E-state index in [4.69, 9.17) is 10.5 Å². The molecule has 0 radical (unpaired) electrons. The van der Waals surface area contributed by atoms with Crippen molar-refractivity contribution < 1.29 is 4.74 Å². The van der Waals surface area contributed by atoms with E-state index in [0.717, 1.165) is 24.4 Å². The first-order chi connectivity index (χ1) is 9.69. The molecule has 0 bridgehead atoms. The lowest BCUT2D eigenvalue weighted by atomic mass is 10.1. The van der Waals surface area contributed by atoms with Crippen LogP contribution in [0, 0.1) is 6.92 Å². The molecule has 106 valence electrons. The van der Waals surface area contributed by atoms with Crippen molar-refractivity contribution in [3.63, 3.8) is 0 Å². The molecule has 0 aliphatic carbocycles. The summed E-state index contributed by atoms with van der Waals surface area (Å²) < 4.78 is 5.49. The van der Waals surface area contributed by atoms with E-state index in [9.17, 15) is 0 Å². The Morgan fingerprint density at radius 2 is 2.00 bits per heavy atom. The van der Waals surface area contributed by atoms with Gasteiger partial charge in [0, 0.05) is 18.3 Å². The summed E-state index contributed by atoms with van der Waals surface area (Å²) in [4.78, 5) is 0. The number of aryl methyl sites for hydroxylation is 1. The van der Waals surface area contributed by atoms with Crippen LogP contribution in [0.5, 0.6) is 5.75 Å². The van der Waals surface area contributed by atoms with E-state index in [0.29, 0.717) is 12.3 Å². The summed E-state index contributed by atoms with van der Waals surface area (Å²) >= 11 is 0. The maximum Gasteiger partial charge on any atom is 0.144 e. The predicted octanol–water partition coefficient (Wildman–Crippen LogP) is 3.63. The Morgan fingerprint density at radius 3 is 2.75 bits per heavy atom. The molecule has 2 aromatic carbocycles. The number of rotatable bonds is 6. The molecule has 0 fully saturated rings. The number of anilines is 2. The highest BCUT2D eigenvalue weighted by molar-refractivity contribution is 5.61.